The zero-order chi connectivity index (χ0) is 17.4. The normalized spacial score (nSPS) is 17.4. The molecule has 9 heteroatoms. The second kappa shape index (κ2) is 6.17. The molecule has 25 heavy (non-hydrogen) atoms. The molecule has 1 fully saturated rings. The largest absolute Gasteiger partial charge is 0.420 e. The number of benzene rings is 1. The van der Waals surface area contributed by atoms with Gasteiger partial charge in [-0.25, -0.2) is 14.5 Å². The lowest BCUT2D eigenvalue weighted by Gasteiger charge is -2.11. The summed E-state index contributed by atoms with van der Waals surface area (Å²) in [6.45, 7) is 1.36. The third kappa shape index (κ3) is 2.93. The number of nitrogens with zero attached hydrogens (tertiary/aromatic N) is 4. The lowest BCUT2D eigenvalue weighted by atomic mass is 10.2. The molecule has 0 saturated carbocycles. The summed E-state index contributed by atoms with van der Waals surface area (Å²) in [6, 6.07) is 7.21. The van der Waals surface area contributed by atoms with Gasteiger partial charge in [-0.05, 0) is 18.6 Å². The summed E-state index contributed by atoms with van der Waals surface area (Å²) in [6.07, 6.45) is 0.752. The number of fused-ring (bicyclic) bond motifs is 1. The summed E-state index contributed by atoms with van der Waals surface area (Å²) in [5.74, 6) is -0.0529. The van der Waals surface area contributed by atoms with Gasteiger partial charge >= 0.3 is 5.76 Å². The molecule has 3 aromatic rings. The molecule has 3 heterocycles. The fraction of sp³-hybridized carbons (Fsp3) is 0.375. The van der Waals surface area contributed by atoms with Gasteiger partial charge in [-0.15, -0.1) is 0 Å². The highest BCUT2D eigenvalue weighted by Crippen LogP contribution is 2.21. The molecule has 1 atom stereocenters. The molecule has 1 saturated heterocycles. The minimum atomic E-state index is -0.503. The van der Waals surface area contributed by atoms with Crippen molar-refractivity contribution in [1.29, 1.82) is 0 Å². The highest BCUT2D eigenvalue weighted by molar-refractivity contribution is 5.75. The third-order valence-electron chi connectivity index (χ3n) is 4.20. The fourth-order valence-electron chi connectivity index (χ4n) is 3.06. The van der Waals surface area contributed by atoms with E-state index in [1.165, 1.54) is 4.57 Å². The molecule has 0 radical (unpaired) electrons. The molecule has 0 spiro atoms. The summed E-state index contributed by atoms with van der Waals surface area (Å²) in [7, 11) is 0. The number of amides is 1. The quantitative estimate of drug-likeness (QED) is 0.708. The Hall–Kier alpha value is -2.94. The summed E-state index contributed by atoms with van der Waals surface area (Å²) >= 11 is 0. The van der Waals surface area contributed by atoms with E-state index >= 15 is 0 Å². The number of carbonyl (C=O) groups is 1. The molecular weight excluding hydrogens is 326 g/mol. The molecule has 130 valence electrons. The van der Waals surface area contributed by atoms with E-state index in [4.69, 9.17) is 14.9 Å². The molecule has 1 aromatic carbocycles. The van der Waals surface area contributed by atoms with Gasteiger partial charge in [0, 0.05) is 6.61 Å². The van der Waals surface area contributed by atoms with Crippen LogP contribution >= 0.6 is 0 Å². The molecule has 2 aromatic heterocycles. The van der Waals surface area contributed by atoms with E-state index in [-0.39, 0.29) is 19.0 Å². The Morgan fingerprint density at radius 1 is 1.36 bits per heavy atom. The maximum atomic E-state index is 12.2. The molecule has 1 aliphatic heterocycles. The van der Waals surface area contributed by atoms with Crippen molar-refractivity contribution in [2.75, 3.05) is 13.2 Å². The van der Waals surface area contributed by atoms with Crippen molar-refractivity contribution >= 4 is 17.0 Å². The van der Waals surface area contributed by atoms with Gasteiger partial charge in [-0.1, -0.05) is 12.1 Å². The number of carbonyl (C=O) groups excluding carboxylic acids is 1. The van der Waals surface area contributed by atoms with Crippen LogP contribution in [-0.2, 0) is 22.5 Å². The fourth-order valence-corrected chi connectivity index (χ4v) is 3.06. The third-order valence-corrected chi connectivity index (χ3v) is 4.20. The number of aromatic nitrogens is 4. The first-order valence-electron chi connectivity index (χ1n) is 8.00. The number of primary amides is 1. The Kier molecular flexibility index (Phi) is 3.85. The lowest BCUT2D eigenvalue weighted by Crippen LogP contribution is -2.21. The molecule has 4 rings (SSSR count). The van der Waals surface area contributed by atoms with E-state index in [0.717, 1.165) is 6.42 Å². The first-order valence-corrected chi connectivity index (χ1v) is 8.00. The Bertz CT molecular complexity index is 980. The number of para-hydroxylation sites is 2. The molecule has 9 nitrogen and oxygen atoms in total. The van der Waals surface area contributed by atoms with Gasteiger partial charge in [0.2, 0.25) is 5.91 Å². The van der Waals surface area contributed by atoms with Crippen molar-refractivity contribution in [3.8, 4) is 0 Å². The van der Waals surface area contributed by atoms with E-state index < -0.39 is 11.7 Å². The predicted molar refractivity (Wildman–Crippen MR) is 87.0 cm³/mol. The van der Waals surface area contributed by atoms with Gasteiger partial charge in [0.05, 0.1) is 31.1 Å². The first-order chi connectivity index (χ1) is 12.1. The van der Waals surface area contributed by atoms with Crippen LogP contribution in [0.2, 0.25) is 0 Å². The van der Waals surface area contributed by atoms with Crippen LogP contribution < -0.4 is 11.5 Å². The van der Waals surface area contributed by atoms with Crippen molar-refractivity contribution in [3.05, 3.63) is 46.5 Å². The average molecular weight is 343 g/mol. The minimum absolute atomic E-state index is 0.0259. The molecule has 1 aliphatic rings. The van der Waals surface area contributed by atoms with E-state index in [0.29, 0.717) is 36.0 Å². The highest BCUT2D eigenvalue weighted by atomic mass is 16.5. The number of hydrogen-bond donors (Lipinski definition) is 1. The van der Waals surface area contributed by atoms with Crippen molar-refractivity contribution in [3.63, 3.8) is 0 Å². The van der Waals surface area contributed by atoms with Gasteiger partial charge < -0.3 is 14.9 Å². The zero-order valence-electron chi connectivity index (χ0n) is 13.4. The smallest absolute Gasteiger partial charge is 0.408 e. The summed E-state index contributed by atoms with van der Waals surface area (Å²) in [4.78, 5) is 27.8. The Labute approximate surface area is 142 Å². The van der Waals surface area contributed by atoms with E-state index in [1.54, 1.807) is 16.8 Å². The van der Waals surface area contributed by atoms with Gasteiger partial charge in [-0.2, -0.15) is 5.10 Å². The molecule has 2 N–H and O–H groups in total. The lowest BCUT2D eigenvalue weighted by molar-refractivity contribution is -0.117. The average Bonchev–Trinajstić information content (AvgIpc) is 3.27. The zero-order valence-corrected chi connectivity index (χ0v) is 13.4. The van der Waals surface area contributed by atoms with Crippen LogP contribution in [0.15, 0.2) is 33.5 Å². The van der Waals surface area contributed by atoms with E-state index in [2.05, 4.69) is 10.1 Å². The summed E-state index contributed by atoms with van der Waals surface area (Å²) in [5.41, 5.74) is 6.44. The van der Waals surface area contributed by atoms with Crippen molar-refractivity contribution in [2.24, 2.45) is 5.73 Å². The van der Waals surface area contributed by atoms with E-state index in [9.17, 15) is 9.59 Å². The maximum absolute atomic E-state index is 12.2. The molecule has 0 aliphatic carbocycles. The van der Waals surface area contributed by atoms with Crippen LogP contribution in [0.25, 0.3) is 11.1 Å². The van der Waals surface area contributed by atoms with Crippen molar-refractivity contribution in [2.45, 2.75) is 25.4 Å². The molecule has 1 unspecified atom stereocenters. The predicted octanol–water partition coefficient (Wildman–Crippen LogP) is 0.223. The van der Waals surface area contributed by atoms with Crippen LogP contribution in [0.3, 0.4) is 0 Å². The van der Waals surface area contributed by atoms with Crippen LogP contribution in [0.4, 0.5) is 0 Å². The SMILES string of the molecule is NC(=O)Cc1nc(Cn2c(=O)oc3ccccc32)n(C2CCOC2)n1. The number of nitrogens with two attached hydrogens (primary N) is 1. The van der Waals surface area contributed by atoms with Gasteiger partial charge in [-0.3, -0.25) is 9.36 Å². The topological polar surface area (TPSA) is 118 Å². The minimum Gasteiger partial charge on any atom is -0.408 e. The molecule has 1 amide bonds. The number of ether oxygens (including phenoxy) is 1. The number of rotatable bonds is 5. The monoisotopic (exact) mass is 343 g/mol. The first kappa shape index (κ1) is 15.6. The van der Waals surface area contributed by atoms with Gasteiger partial charge in [0.25, 0.3) is 0 Å². The Morgan fingerprint density at radius 3 is 2.96 bits per heavy atom. The molecular formula is C16H17N5O4. The van der Waals surface area contributed by atoms with Crippen LogP contribution in [-0.4, -0.2) is 38.5 Å². The second-order valence-electron chi connectivity index (χ2n) is 5.97. The van der Waals surface area contributed by atoms with E-state index in [1.807, 2.05) is 12.1 Å². The van der Waals surface area contributed by atoms with Crippen LogP contribution in [0.5, 0.6) is 0 Å². The number of oxazole rings is 1. The van der Waals surface area contributed by atoms with Gasteiger partial charge in [0.1, 0.15) is 5.82 Å². The summed E-state index contributed by atoms with van der Waals surface area (Å²) < 4.78 is 13.9. The highest BCUT2D eigenvalue weighted by Gasteiger charge is 2.24. The molecule has 0 bridgehead atoms. The van der Waals surface area contributed by atoms with Crippen LogP contribution in [0, 0.1) is 0 Å². The summed E-state index contributed by atoms with van der Waals surface area (Å²) in [5, 5.41) is 4.40. The standard InChI is InChI=1S/C16H17N5O4/c17-13(22)7-14-18-15(21(19-14)10-5-6-24-9-10)8-20-11-3-1-2-4-12(11)25-16(20)23/h1-4,10H,5-9H2,(H2,17,22). The second-order valence-corrected chi connectivity index (χ2v) is 5.97. The Balaban J connectivity index is 1.75. The number of hydrogen-bond acceptors (Lipinski definition) is 6. The van der Waals surface area contributed by atoms with Gasteiger partial charge in [0.15, 0.2) is 11.4 Å². The maximum Gasteiger partial charge on any atom is 0.420 e. The van der Waals surface area contributed by atoms with Crippen molar-refractivity contribution < 1.29 is 13.9 Å². The van der Waals surface area contributed by atoms with Crippen LogP contribution in [0.1, 0.15) is 24.1 Å². The van der Waals surface area contributed by atoms with Crippen molar-refractivity contribution in [1.82, 2.24) is 19.3 Å². The Morgan fingerprint density at radius 2 is 2.20 bits per heavy atom.